The van der Waals surface area contributed by atoms with Crippen molar-refractivity contribution in [3.8, 4) is 72.8 Å². The number of benzene rings is 9. The molecule has 50 heavy (non-hydrogen) atoms. The van der Waals surface area contributed by atoms with Crippen LogP contribution < -0.4 is 0 Å². The molecule has 230 valence electrons. The summed E-state index contributed by atoms with van der Waals surface area (Å²) in [7, 11) is 0. The van der Waals surface area contributed by atoms with E-state index in [0.717, 1.165) is 11.1 Å². The second kappa shape index (κ2) is 11.2. The highest BCUT2D eigenvalue weighted by atomic mass is 14.3. The second-order valence-corrected chi connectivity index (χ2v) is 13.1. The highest BCUT2D eigenvalue weighted by Crippen LogP contribution is 2.58. The summed E-state index contributed by atoms with van der Waals surface area (Å²) in [6.45, 7) is 0. The zero-order valence-corrected chi connectivity index (χ0v) is 27.2. The van der Waals surface area contributed by atoms with E-state index in [0.29, 0.717) is 5.56 Å². The van der Waals surface area contributed by atoms with Gasteiger partial charge in [0, 0.05) is 0 Å². The summed E-state index contributed by atoms with van der Waals surface area (Å²) >= 11 is 0. The first-order valence-corrected chi connectivity index (χ1v) is 17.1. The topological polar surface area (TPSA) is 23.8 Å². The van der Waals surface area contributed by atoms with Gasteiger partial charge in [-0.1, -0.05) is 152 Å². The van der Waals surface area contributed by atoms with Crippen LogP contribution in [0.3, 0.4) is 0 Å². The molecule has 9 aromatic carbocycles. The van der Waals surface area contributed by atoms with Gasteiger partial charge < -0.3 is 0 Å². The van der Waals surface area contributed by atoms with E-state index >= 15 is 0 Å². The Morgan fingerprint density at radius 1 is 0.320 bits per heavy atom. The van der Waals surface area contributed by atoms with Crippen LogP contribution in [0, 0.1) is 11.3 Å². The Bertz CT molecular complexity index is 2760. The van der Waals surface area contributed by atoms with Crippen LogP contribution in [0.25, 0.3) is 99.1 Å². The zero-order chi connectivity index (χ0) is 33.2. The molecule has 0 aliphatic heterocycles. The van der Waals surface area contributed by atoms with Crippen LogP contribution >= 0.6 is 0 Å². The molecule has 1 nitrogen and oxygen atoms in total. The third-order valence-corrected chi connectivity index (χ3v) is 10.4. The average Bonchev–Trinajstić information content (AvgIpc) is 3.52. The lowest BCUT2D eigenvalue weighted by atomic mass is 9.82. The Morgan fingerprint density at radius 3 is 1.48 bits per heavy atom. The predicted octanol–water partition coefficient (Wildman–Crippen LogP) is 13.3. The fourth-order valence-electron chi connectivity index (χ4n) is 8.22. The molecule has 1 heteroatoms. The molecule has 0 saturated heterocycles. The van der Waals surface area contributed by atoms with E-state index in [4.69, 9.17) is 0 Å². The van der Waals surface area contributed by atoms with Crippen LogP contribution in [0.15, 0.2) is 176 Å². The second-order valence-electron chi connectivity index (χ2n) is 13.1. The standard InChI is InChI=1S/C49H29N/c50-30-31-11-9-16-34(27-31)35-21-22-37-29-38(24-23-36(37)28-35)39-25-26-44-47-40(39)19-10-20-43(47)48-45(32-12-3-1-4-13-32)41-17-7-8-18-42(41)46(49(44)48)33-14-5-2-6-15-33/h1-29H. The van der Waals surface area contributed by atoms with Gasteiger partial charge >= 0.3 is 0 Å². The maximum atomic E-state index is 9.41. The largest absolute Gasteiger partial charge is 0.192 e. The minimum absolute atomic E-state index is 0.673. The van der Waals surface area contributed by atoms with Crippen LogP contribution in [0.4, 0.5) is 0 Å². The van der Waals surface area contributed by atoms with Gasteiger partial charge in [-0.05, 0) is 123 Å². The minimum atomic E-state index is 0.673. The third-order valence-electron chi connectivity index (χ3n) is 10.4. The minimum Gasteiger partial charge on any atom is -0.192 e. The maximum Gasteiger partial charge on any atom is 0.0991 e. The molecule has 9 aromatic rings. The van der Waals surface area contributed by atoms with E-state index in [9.17, 15) is 5.26 Å². The fraction of sp³-hybridized carbons (Fsp3) is 0. The quantitative estimate of drug-likeness (QED) is 0.190. The number of nitriles is 1. The number of hydrogen-bond acceptors (Lipinski definition) is 1. The highest BCUT2D eigenvalue weighted by molar-refractivity contribution is 6.28. The van der Waals surface area contributed by atoms with Gasteiger partial charge in [0.15, 0.2) is 0 Å². The van der Waals surface area contributed by atoms with E-state index in [1.54, 1.807) is 0 Å². The molecule has 0 saturated carbocycles. The van der Waals surface area contributed by atoms with Gasteiger partial charge in [-0.3, -0.25) is 0 Å². The summed E-state index contributed by atoms with van der Waals surface area (Å²) in [6.07, 6.45) is 0. The molecule has 0 fully saturated rings. The van der Waals surface area contributed by atoms with Gasteiger partial charge in [0.05, 0.1) is 11.6 Å². The van der Waals surface area contributed by atoms with Gasteiger partial charge in [-0.25, -0.2) is 0 Å². The van der Waals surface area contributed by atoms with Crippen molar-refractivity contribution in [3.05, 3.63) is 181 Å². The van der Waals surface area contributed by atoms with Gasteiger partial charge in [0.25, 0.3) is 0 Å². The van der Waals surface area contributed by atoms with Crippen molar-refractivity contribution < 1.29 is 0 Å². The summed E-state index contributed by atoms with van der Waals surface area (Å²) in [5.74, 6) is 0. The summed E-state index contributed by atoms with van der Waals surface area (Å²) < 4.78 is 0. The highest BCUT2D eigenvalue weighted by Gasteiger charge is 2.31. The van der Waals surface area contributed by atoms with Crippen molar-refractivity contribution in [3.63, 3.8) is 0 Å². The van der Waals surface area contributed by atoms with Gasteiger partial charge in [0.2, 0.25) is 0 Å². The number of nitrogens with zero attached hydrogens (tertiary/aromatic N) is 1. The molecule has 1 aliphatic rings. The molecule has 10 rings (SSSR count). The summed E-state index contributed by atoms with van der Waals surface area (Å²) in [4.78, 5) is 0. The lowest BCUT2D eigenvalue weighted by Crippen LogP contribution is -1.93. The Labute approximate surface area is 291 Å². The molecule has 0 aromatic heterocycles. The van der Waals surface area contributed by atoms with E-state index in [-0.39, 0.29) is 0 Å². The van der Waals surface area contributed by atoms with Crippen molar-refractivity contribution in [2.75, 3.05) is 0 Å². The van der Waals surface area contributed by atoms with Crippen LogP contribution in [0.2, 0.25) is 0 Å². The first-order valence-electron chi connectivity index (χ1n) is 17.1. The summed E-state index contributed by atoms with van der Waals surface area (Å²) in [5.41, 5.74) is 15.6. The normalized spacial score (nSPS) is 11.6. The van der Waals surface area contributed by atoms with Crippen molar-refractivity contribution in [1.29, 1.82) is 5.26 Å². The van der Waals surface area contributed by atoms with Crippen LogP contribution in [-0.2, 0) is 0 Å². The van der Waals surface area contributed by atoms with Gasteiger partial charge in [0.1, 0.15) is 0 Å². The molecule has 0 unspecified atom stereocenters. The molecule has 0 amide bonds. The smallest absolute Gasteiger partial charge is 0.0991 e. The molecular weight excluding hydrogens is 603 g/mol. The Hall–Kier alpha value is -6.75. The van der Waals surface area contributed by atoms with Crippen LogP contribution in [0.5, 0.6) is 0 Å². The Balaban J connectivity index is 1.21. The SMILES string of the molecule is N#Cc1cccc(-c2ccc3cc(-c4ccc5c6c(cccc46)-c4c-5c(-c5ccccc5)c5ccccc5c4-c4ccccc4)ccc3c2)c1. The number of rotatable bonds is 4. The molecule has 0 spiro atoms. The first kappa shape index (κ1) is 28.3. The molecule has 0 bridgehead atoms. The lowest BCUT2D eigenvalue weighted by Gasteiger charge is -2.20. The summed E-state index contributed by atoms with van der Waals surface area (Å²) in [6, 6.07) is 65.7. The van der Waals surface area contributed by atoms with Crippen molar-refractivity contribution in [1.82, 2.24) is 0 Å². The summed E-state index contributed by atoms with van der Waals surface area (Å²) in [5, 5.41) is 16.9. The predicted molar refractivity (Wildman–Crippen MR) is 210 cm³/mol. The number of fused-ring (bicyclic) bond motifs is 5. The maximum absolute atomic E-state index is 9.41. The van der Waals surface area contributed by atoms with Crippen LogP contribution in [-0.4, -0.2) is 0 Å². The Morgan fingerprint density at radius 2 is 0.820 bits per heavy atom. The first-order chi connectivity index (χ1) is 24.8. The van der Waals surface area contributed by atoms with E-state index in [2.05, 4.69) is 164 Å². The van der Waals surface area contributed by atoms with E-state index < -0.39 is 0 Å². The molecule has 0 radical (unpaired) electrons. The third kappa shape index (κ3) is 4.26. The molecule has 0 atom stereocenters. The lowest BCUT2D eigenvalue weighted by molar-refractivity contribution is 1.48. The van der Waals surface area contributed by atoms with Crippen molar-refractivity contribution in [2.24, 2.45) is 0 Å². The van der Waals surface area contributed by atoms with Gasteiger partial charge in [-0.15, -0.1) is 0 Å². The van der Waals surface area contributed by atoms with Crippen LogP contribution in [0.1, 0.15) is 5.56 Å². The van der Waals surface area contributed by atoms with Crippen molar-refractivity contribution in [2.45, 2.75) is 0 Å². The molecule has 0 N–H and O–H groups in total. The average molecular weight is 632 g/mol. The fourth-order valence-corrected chi connectivity index (χ4v) is 8.22. The van der Waals surface area contributed by atoms with E-state index in [1.807, 2.05) is 18.2 Å². The van der Waals surface area contributed by atoms with Crippen molar-refractivity contribution >= 4 is 32.3 Å². The number of hydrogen-bond donors (Lipinski definition) is 0. The molecule has 0 heterocycles. The van der Waals surface area contributed by atoms with E-state index in [1.165, 1.54) is 88.0 Å². The molecule has 1 aliphatic carbocycles. The zero-order valence-electron chi connectivity index (χ0n) is 27.2. The van der Waals surface area contributed by atoms with Gasteiger partial charge in [-0.2, -0.15) is 5.26 Å². The Kier molecular flexibility index (Phi) is 6.31. The molecular formula is C49H29N. The monoisotopic (exact) mass is 631 g/mol.